The molecule has 0 radical (unpaired) electrons. The van der Waals surface area contributed by atoms with E-state index in [2.05, 4.69) is 24.2 Å². The van der Waals surface area contributed by atoms with Gasteiger partial charge in [0.1, 0.15) is 5.37 Å². The van der Waals surface area contributed by atoms with E-state index in [4.69, 9.17) is 0 Å². The van der Waals surface area contributed by atoms with Gasteiger partial charge >= 0.3 is 0 Å². The van der Waals surface area contributed by atoms with Crippen LogP contribution in [0.3, 0.4) is 0 Å². The van der Waals surface area contributed by atoms with Gasteiger partial charge in [0.15, 0.2) is 0 Å². The maximum absolute atomic E-state index is 12.1. The van der Waals surface area contributed by atoms with Gasteiger partial charge in [-0.3, -0.25) is 9.79 Å². The molecule has 0 aromatic heterocycles. The number of rotatable bonds is 1. The van der Waals surface area contributed by atoms with Crippen LogP contribution in [0.2, 0.25) is 0 Å². The van der Waals surface area contributed by atoms with Crippen LogP contribution >= 0.6 is 11.8 Å². The summed E-state index contributed by atoms with van der Waals surface area (Å²) < 4.78 is 0. The number of hydrogen-bond donors (Lipinski definition) is 1. The van der Waals surface area contributed by atoms with E-state index < -0.39 is 0 Å². The van der Waals surface area contributed by atoms with Gasteiger partial charge in [-0.1, -0.05) is 20.3 Å². The lowest BCUT2D eigenvalue weighted by atomic mass is 9.68. The second kappa shape index (κ2) is 4.87. The van der Waals surface area contributed by atoms with Crippen LogP contribution in [-0.4, -0.2) is 23.4 Å². The van der Waals surface area contributed by atoms with Gasteiger partial charge in [-0.2, -0.15) is 0 Å². The van der Waals surface area contributed by atoms with Crippen LogP contribution in [0, 0.1) is 29.6 Å². The number of fused-ring (bicyclic) bond motifs is 1. The largest absolute Gasteiger partial charge is 0.317 e. The number of amides is 1. The molecule has 100 valence electrons. The minimum absolute atomic E-state index is 0.130. The van der Waals surface area contributed by atoms with Crippen LogP contribution < -0.4 is 5.32 Å². The van der Waals surface area contributed by atoms with Crippen molar-refractivity contribution >= 4 is 24.0 Å². The minimum atomic E-state index is 0.130. The SMILES string of the molecule is CC1CCC(C2CSC3N=CNC(=O)C32)CC1C. The molecule has 0 aromatic carbocycles. The van der Waals surface area contributed by atoms with Crippen LogP contribution in [-0.2, 0) is 4.79 Å². The number of carbonyl (C=O) groups is 1. The molecule has 1 saturated heterocycles. The summed E-state index contributed by atoms with van der Waals surface area (Å²) >= 11 is 1.88. The van der Waals surface area contributed by atoms with E-state index in [1.165, 1.54) is 19.3 Å². The molecule has 2 fully saturated rings. The maximum Gasteiger partial charge on any atom is 0.231 e. The van der Waals surface area contributed by atoms with Crippen molar-refractivity contribution in [1.29, 1.82) is 0 Å². The Kier molecular flexibility index (Phi) is 3.39. The van der Waals surface area contributed by atoms with Crippen molar-refractivity contribution in [3.8, 4) is 0 Å². The molecular formula is C14H22N2OS. The van der Waals surface area contributed by atoms with E-state index in [1.54, 1.807) is 6.34 Å². The first kappa shape index (κ1) is 12.5. The zero-order chi connectivity index (χ0) is 12.7. The molecule has 3 aliphatic rings. The number of thioether (sulfide) groups is 1. The second-order valence-corrected chi connectivity index (χ2v) is 7.38. The van der Waals surface area contributed by atoms with Crippen LogP contribution in [0.4, 0.5) is 0 Å². The summed E-state index contributed by atoms with van der Waals surface area (Å²) in [5.74, 6) is 4.39. The molecule has 1 aliphatic carbocycles. The molecule has 1 amide bonds. The molecule has 3 rings (SSSR count). The van der Waals surface area contributed by atoms with Crippen LogP contribution in [0.1, 0.15) is 33.1 Å². The first-order chi connectivity index (χ1) is 8.66. The Balaban J connectivity index is 1.73. The molecule has 1 N–H and O–H groups in total. The van der Waals surface area contributed by atoms with Crippen LogP contribution in [0.15, 0.2) is 4.99 Å². The highest BCUT2D eigenvalue weighted by atomic mass is 32.2. The van der Waals surface area contributed by atoms with Crippen LogP contribution in [0.25, 0.3) is 0 Å². The van der Waals surface area contributed by atoms with Crippen LogP contribution in [0.5, 0.6) is 0 Å². The lowest BCUT2D eigenvalue weighted by Gasteiger charge is -2.37. The Hall–Kier alpha value is -0.510. The third kappa shape index (κ3) is 2.09. The molecule has 0 aromatic rings. The molecule has 3 nitrogen and oxygen atoms in total. The molecule has 4 heteroatoms. The molecule has 2 aliphatic heterocycles. The molecule has 2 heterocycles. The van der Waals surface area contributed by atoms with Crippen molar-refractivity contribution < 1.29 is 4.79 Å². The van der Waals surface area contributed by atoms with E-state index in [0.29, 0.717) is 5.92 Å². The summed E-state index contributed by atoms with van der Waals surface area (Å²) in [6.07, 6.45) is 5.52. The summed E-state index contributed by atoms with van der Waals surface area (Å²) in [5, 5.41) is 2.99. The normalized spacial score (nSPS) is 47.8. The van der Waals surface area contributed by atoms with Crippen molar-refractivity contribution in [3.63, 3.8) is 0 Å². The summed E-state index contributed by atoms with van der Waals surface area (Å²) in [4.78, 5) is 16.5. The van der Waals surface area contributed by atoms with Gasteiger partial charge in [0, 0.05) is 0 Å². The quantitative estimate of drug-likeness (QED) is 0.792. The average molecular weight is 266 g/mol. The standard InChI is InChI=1S/C14H22N2OS/c1-8-3-4-10(5-9(8)2)11-6-18-14-12(11)13(17)15-7-16-14/h7-12,14H,3-6H2,1-2H3,(H,15,16,17). The van der Waals surface area contributed by atoms with E-state index in [-0.39, 0.29) is 17.2 Å². The summed E-state index contributed by atoms with van der Waals surface area (Å²) in [6, 6.07) is 0. The van der Waals surface area contributed by atoms with E-state index >= 15 is 0 Å². The molecule has 6 unspecified atom stereocenters. The first-order valence-corrected chi connectivity index (χ1v) is 8.15. The fraction of sp³-hybridized carbons (Fsp3) is 0.857. The van der Waals surface area contributed by atoms with E-state index in [1.807, 2.05) is 11.8 Å². The molecule has 0 bridgehead atoms. The topological polar surface area (TPSA) is 41.5 Å². The molecule has 18 heavy (non-hydrogen) atoms. The highest BCUT2D eigenvalue weighted by molar-refractivity contribution is 8.00. The number of carbonyl (C=O) groups excluding carboxylic acids is 1. The highest BCUT2D eigenvalue weighted by Crippen LogP contribution is 2.48. The first-order valence-electron chi connectivity index (χ1n) is 7.10. The Bertz CT molecular complexity index is 371. The lowest BCUT2D eigenvalue weighted by Crippen LogP contribution is -2.43. The van der Waals surface area contributed by atoms with Gasteiger partial charge in [-0.05, 0) is 42.3 Å². The Labute approximate surface area is 113 Å². The smallest absolute Gasteiger partial charge is 0.231 e. The fourth-order valence-electron chi connectivity index (χ4n) is 3.77. The van der Waals surface area contributed by atoms with Crippen molar-refractivity contribution in [2.45, 2.75) is 38.5 Å². The summed E-state index contributed by atoms with van der Waals surface area (Å²) in [6.45, 7) is 4.74. The third-order valence-corrected chi connectivity index (χ3v) is 6.54. The Morgan fingerprint density at radius 2 is 2.17 bits per heavy atom. The highest BCUT2D eigenvalue weighted by Gasteiger charge is 2.47. The zero-order valence-corrected chi connectivity index (χ0v) is 12.0. The van der Waals surface area contributed by atoms with Gasteiger partial charge in [-0.15, -0.1) is 11.8 Å². The molecule has 6 atom stereocenters. The van der Waals surface area contributed by atoms with Gasteiger partial charge in [0.2, 0.25) is 5.91 Å². The summed E-state index contributed by atoms with van der Waals surface area (Å²) in [5.41, 5.74) is 0. The third-order valence-electron chi connectivity index (χ3n) is 5.20. The molecule has 1 saturated carbocycles. The van der Waals surface area contributed by atoms with Gasteiger partial charge < -0.3 is 5.32 Å². The average Bonchev–Trinajstić information content (AvgIpc) is 2.78. The summed E-state index contributed by atoms with van der Waals surface area (Å²) in [7, 11) is 0. The Morgan fingerprint density at radius 3 is 2.94 bits per heavy atom. The monoisotopic (exact) mass is 266 g/mol. The second-order valence-electron chi connectivity index (χ2n) is 6.23. The Morgan fingerprint density at radius 1 is 1.33 bits per heavy atom. The number of nitrogens with one attached hydrogen (secondary N) is 1. The van der Waals surface area contributed by atoms with E-state index in [0.717, 1.165) is 23.5 Å². The van der Waals surface area contributed by atoms with Crippen molar-refractivity contribution in [1.82, 2.24) is 5.32 Å². The van der Waals surface area contributed by atoms with Gasteiger partial charge in [0.25, 0.3) is 0 Å². The number of nitrogens with zero attached hydrogens (tertiary/aromatic N) is 1. The van der Waals surface area contributed by atoms with Crippen molar-refractivity contribution in [3.05, 3.63) is 0 Å². The molecule has 0 spiro atoms. The minimum Gasteiger partial charge on any atom is -0.317 e. The zero-order valence-electron chi connectivity index (χ0n) is 11.1. The van der Waals surface area contributed by atoms with Gasteiger partial charge in [-0.25, -0.2) is 0 Å². The predicted octanol–water partition coefficient (Wildman–Crippen LogP) is 2.52. The maximum atomic E-state index is 12.1. The fourth-order valence-corrected chi connectivity index (χ4v) is 5.34. The lowest BCUT2D eigenvalue weighted by molar-refractivity contribution is -0.125. The van der Waals surface area contributed by atoms with Crippen molar-refractivity contribution in [2.24, 2.45) is 34.6 Å². The predicted molar refractivity (Wildman–Crippen MR) is 75.5 cm³/mol. The van der Waals surface area contributed by atoms with Crippen molar-refractivity contribution in [2.75, 3.05) is 5.75 Å². The molecular weight excluding hydrogens is 244 g/mol. The number of hydrogen-bond acceptors (Lipinski definition) is 3. The number of aliphatic imine (C=N–C) groups is 1. The van der Waals surface area contributed by atoms with Gasteiger partial charge in [0.05, 0.1) is 12.3 Å². The van der Waals surface area contributed by atoms with E-state index in [9.17, 15) is 4.79 Å².